The molecule has 1 aromatic carbocycles. The minimum Gasteiger partial charge on any atom is -0.491 e. The first-order valence-electron chi connectivity index (χ1n) is 8.11. The highest BCUT2D eigenvalue weighted by Gasteiger charge is 2.22. The van der Waals surface area contributed by atoms with Crippen LogP contribution in [0.1, 0.15) is 25.7 Å². The van der Waals surface area contributed by atoms with E-state index in [0.717, 1.165) is 25.2 Å². The third-order valence-corrected chi connectivity index (χ3v) is 4.04. The fraction of sp³-hybridized carbons (Fsp3) is 0.471. The molecule has 0 bridgehead atoms. The maximum absolute atomic E-state index is 12.2. The molecule has 1 atom stereocenters. The maximum atomic E-state index is 12.2. The first-order valence-corrected chi connectivity index (χ1v) is 8.11. The number of nitrogens with one attached hydrogen (secondary N) is 1. The van der Waals surface area contributed by atoms with Crippen molar-refractivity contribution in [3.63, 3.8) is 0 Å². The molecule has 0 aromatic heterocycles. The van der Waals surface area contributed by atoms with Gasteiger partial charge >= 0.3 is 0 Å². The summed E-state index contributed by atoms with van der Waals surface area (Å²) in [5, 5.41) is 7.99. The van der Waals surface area contributed by atoms with E-state index in [4.69, 9.17) is 9.47 Å². The van der Waals surface area contributed by atoms with Crippen LogP contribution in [-0.2, 0) is 14.3 Å². The molecule has 0 aliphatic carbocycles. The molecule has 24 heavy (non-hydrogen) atoms. The van der Waals surface area contributed by atoms with Gasteiger partial charge in [0, 0.05) is 32.2 Å². The highest BCUT2D eigenvalue weighted by molar-refractivity contribution is 6.43. The highest BCUT2D eigenvalue weighted by Crippen LogP contribution is 2.19. The van der Waals surface area contributed by atoms with E-state index in [1.807, 2.05) is 12.1 Å². The summed E-state index contributed by atoms with van der Waals surface area (Å²) in [5.41, 5.74) is 1.02. The Hall–Kier alpha value is -2.41. The van der Waals surface area contributed by atoms with Crippen LogP contribution in [0.4, 0.5) is 5.69 Å². The molecule has 0 saturated carbocycles. The first kappa shape index (κ1) is 16.4. The lowest BCUT2D eigenvalue weighted by molar-refractivity contribution is -0.130. The van der Waals surface area contributed by atoms with E-state index < -0.39 is 0 Å². The molecule has 1 fully saturated rings. The Morgan fingerprint density at radius 1 is 1.38 bits per heavy atom. The lowest BCUT2D eigenvalue weighted by Crippen LogP contribution is -2.34. The lowest BCUT2D eigenvalue weighted by Gasteiger charge is -2.19. The standard InChI is InChI=1S/C17H21N3O4/c1-20-16(21)9-8-15(19-20)17(22)18-12-4-6-13(7-5-12)24-11-14-3-2-10-23-14/h4-7,14H,2-3,8-11H2,1H3,(H,18,22). The second-order valence-electron chi connectivity index (χ2n) is 5.89. The van der Waals surface area contributed by atoms with E-state index in [0.29, 0.717) is 30.8 Å². The van der Waals surface area contributed by atoms with Gasteiger partial charge in [-0.25, -0.2) is 5.01 Å². The van der Waals surface area contributed by atoms with Gasteiger partial charge in [0.25, 0.3) is 5.91 Å². The van der Waals surface area contributed by atoms with Crippen molar-refractivity contribution < 1.29 is 19.1 Å². The van der Waals surface area contributed by atoms with Crippen molar-refractivity contribution in [3.05, 3.63) is 24.3 Å². The van der Waals surface area contributed by atoms with Gasteiger partial charge in [0.15, 0.2) is 0 Å². The van der Waals surface area contributed by atoms with Crippen molar-refractivity contribution in [1.82, 2.24) is 5.01 Å². The van der Waals surface area contributed by atoms with Gasteiger partial charge in [0.2, 0.25) is 5.91 Å². The molecule has 3 rings (SSSR count). The molecule has 1 aromatic rings. The molecule has 1 N–H and O–H groups in total. The zero-order valence-electron chi connectivity index (χ0n) is 13.7. The molecule has 2 aliphatic heterocycles. The minimum atomic E-state index is -0.289. The summed E-state index contributed by atoms with van der Waals surface area (Å²) in [4.78, 5) is 23.6. The average Bonchev–Trinajstić information content (AvgIpc) is 3.10. The van der Waals surface area contributed by atoms with Gasteiger partial charge in [0.1, 0.15) is 18.1 Å². The molecule has 2 amide bonds. The molecule has 2 heterocycles. The molecule has 2 aliphatic rings. The Morgan fingerprint density at radius 3 is 2.83 bits per heavy atom. The smallest absolute Gasteiger partial charge is 0.271 e. The lowest BCUT2D eigenvalue weighted by atomic mass is 10.1. The van der Waals surface area contributed by atoms with E-state index in [9.17, 15) is 9.59 Å². The largest absolute Gasteiger partial charge is 0.491 e. The van der Waals surface area contributed by atoms with Gasteiger partial charge in [-0.3, -0.25) is 9.59 Å². The molecule has 0 spiro atoms. The number of benzene rings is 1. The van der Waals surface area contributed by atoms with E-state index in [1.165, 1.54) is 5.01 Å². The van der Waals surface area contributed by atoms with Gasteiger partial charge < -0.3 is 14.8 Å². The Labute approximate surface area is 140 Å². The second kappa shape index (κ2) is 7.44. The van der Waals surface area contributed by atoms with Gasteiger partial charge in [-0.1, -0.05) is 0 Å². The number of hydrogen-bond donors (Lipinski definition) is 1. The number of carbonyl (C=O) groups excluding carboxylic acids is 2. The topological polar surface area (TPSA) is 80.2 Å². The van der Waals surface area contributed by atoms with Gasteiger partial charge in [-0.15, -0.1) is 0 Å². The number of hydrazone groups is 1. The summed E-state index contributed by atoms with van der Waals surface area (Å²) < 4.78 is 11.2. The van der Waals surface area contributed by atoms with E-state index in [1.54, 1.807) is 19.2 Å². The molecular weight excluding hydrogens is 310 g/mol. The minimum absolute atomic E-state index is 0.0840. The number of carbonyl (C=O) groups is 2. The summed E-state index contributed by atoms with van der Waals surface area (Å²) in [6, 6.07) is 7.17. The molecule has 128 valence electrons. The number of nitrogens with zero attached hydrogens (tertiary/aromatic N) is 2. The molecule has 0 radical (unpaired) electrons. The quantitative estimate of drug-likeness (QED) is 0.892. The third-order valence-electron chi connectivity index (χ3n) is 4.04. The van der Waals surface area contributed by atoms with Crippen LogP contribution in [0.3, 0.4) is 0 Å². The Kier molecular flexibility index (Phi) is 5.10. The van der Waals surface area contributed by atoms with Crippen LogP contribution in [0.15, 0.2) is 29.4 Å². The predicted molar refractivity (Wildman–Crippen MR) is 89.0 cm³/mol. The van der Waals surface area contributed by atoms with Crippen LogP contribution >= 0.6 is 0 Å². The fourth-order valence-electron chi connectivity index (χ4n) is 2.64. The van der Waals surface area contributed by atoms with E-state index in [2.05, 4.69) is 10.4 Å². The zero-order chi connectivity index (χ0) is 16.9. The Bertz CT molecular complexity index is 636. The molecular formula is C17H21N3O4. The summed E-state index contributed by atoms with van der Waals surface area (Å²) in [6.45, 7) is 1.35. The number of hydrogen-bond acceptors (Lipinski definition) is 5. The van der Waals surface area contributed by atoms with Crippen molar-refractivity contribution in [2.45, 2.75) is 31.8 Å². The third kappa shape index (κ3) is 4.11. The average molecular weight is 331 g/mol. The van der Waals surface area contributed by atoms with Crippen molar-refractivity contribution in [2.75, 3.05) is 25.6 Å². The summed E-state index contributed by atoms with van der Waals surface area (Å²) in [7, 11) is 1.55. The van der Waals surface area contributed by atoms with Crippen LogP contribution in [0.2, 0.25) is 0 Å². The summed E-state index contributed by atoms with van der Waals surface area (Å²) in [5.74, 6) is 0.366. The second-order valence-corrected chi connectivity index (χ2v) is 5.89. The highest BCUT2D eigenvalue weighted by atomic mass is 16.5. The van der Waals surface area contributed by atoms with Crippen LogP contribution in [0.25, 0.3) is 0 Å². The number of amides is 2. The van der Waals surface area contributed by atoms with E-state index in [-0.39, 0.29) is 17.9 Å². The monoisotopic (exact) mass is 331 g/mol. The molecule has 7 nitrogen and oxygen atoms in total. The molecule has 7 heteroatoms. The van der Waals surface area contributed by atoms with Crippen LogP contribution in [-0.4, -0.2) is 48.9 Å². The molecule has 1 unspecified atom stereocenters. The Balaban J connectivity index is 1.53. The van der Waals surface area contributed by atoms with E-state index >= 15 is 0 Å². The SMILES string of the molecule is CN1N=C(C(=O)Nc2ccc(OCC3CCCO3)cc2)CCC1=O. The van der Waals surface area contributed by atoms with Gasteiger partial charge in [-0.2, -0.15) is 5.10 Å². The summed E-state index contributed by atoms with van der Waals surface area (Å²) >= 11 is 0. The molecule has 1 saturated heterocycles. The fourth-order valence-corrected chi connectivity index (χ4v) is 2.64. The van der Waals surface area contributed by atoms with Crippen LogP contribution < -0.4 is 10.1 Å². The Morgan fingerprint density at radius 2 is 2.17 bits per heavy atom. The van der Waals surface area contributed by atoms with Crippen molar-refractivity contribution in [2.24, 2.45) is 5.10 Å². The number of ether oxygens (including phenoxy) is 2. The number of rotatable bonds is 5. The van der Waals surface area contributed by atoms with Gasteiger partial charge in [0.05, 0.1) is 6.10 Å². The van der Waals surface area contributed by atoms with Crippen molar-refractivity contribution in [3.8, 4) is 5.75 Å². The van der Waals surface area contributed by atoms with Crippen LogP contribution in [0.5, 0.6) is 5.75 Å². The van der Waals surface area contributed by atoms with Gasteiger partial charge in [-0.05, 0) is 37.1 Å². The first-order chi connectivity index (χ1) is 11.6. The predicted octanol–water partition coefficient (Wildman–Crippen LogP) is 1.79. The zero-order valence-corrected chi connectivity index (χ0v) is 13.7. The maximum Gasteiger partial charge on any atom is 0.271 e. The summed E-state index contributed by atoms with van der Waals surface area (Å²) in [6.07, 6.45) is 2.96. The van der Waals surface area contributed by atoms with Crippen molar-refractivity contribution in [1.29, 1.82) is 0 Å². The normalized spacial score (nSPS) is 20.7. The van der Waals surface area contributed by atoms with Crippen molar-refractivity contribution >= 4 is 23.2 Å². The number of anilines is 1. The van der Waals surface area contributed by atoms with Crippen LogP contribution in [0, 0.1) is 0 Å².